The van der Waals surface area contributed by atoms with Crippen LogP contribution in [-0.2, 0) is 14.9 Å². The van der Waals surface area contributed by atoms with Gasteiger partial charge in [-0.3, -0.25) is 4.79 Å². The molecule has 5 rings (SSSR count). The molecule has 2 aromatic rings. The van der Waals surface area contributed by atoms with Crippen molar-refractivity contribution in [3.8, 4) is 5.75 Å². The van der Waals surface area contributed by atoms with E-state index in [0.29, 0.717) is 23.7 Å². The molecule has 4 heteroatoms. The molecular weight excluding hydrogens is 400 g/mol. The van der Waals surface area contributed by atoms with Crippen LogP contribution in [0.2, 0.25) is 0 Å². The van der Waals surface area contributed by atoms with Gasteiger partial charge < -0.3 is 9.47 Å². The zero-order chi connectivity index (χ0) is 22.7. The van der Waals surface area contributed by atoms with E-state index in [4.69, 9.17) is 9.47 Å². The molecule has 0 spiro atoms. The van der Waals surface area contributed by atoms with Crippen LogP contribution in [0.1, 0.15) is 74.0 Å². The van der Waals surface area contributed by atoms with Crippen LogP contribution in [0.4, 0.5) is 0 Å². The number of fused-ring (bicyclic) bond motifs is 7. The number of rotatable bonds is 5. The van der Waals surface area contributed by atoms with Crippen molar-refractivity contribution in [2.24, 2.45) is 11.3 Å². The monoisotopic (exact) mass is 430 g/mol. The highest BCUT2D eigenvalue weighted by Gasteiger charge is 2.73. The maximum atomic E-state index is 13.3. The molecular formula is C28H30O4. The highest BCUT2D eigenvalue weighted by atomic mass is 16.5. The van der Waals surface area contributed by atoms with Crippen molar-refractivity contribution in [1.82, 2.24) is 0 Å². The average Bonchev–Trinajstić information content (AvgIpc) is 3.35. The topological polar surface area (TPSA) is 52.6 Å². The van der Waals surface area contributed by atoms with Gasteiger partial charge in [-0.05, 0) is 74.3 Å². The molecule has 32 heavy (non-hydrogen) atoms. The van der Waals surface area contributed by atoms with Gasteiger partial charge in [0.2, 0.25) is 0 Å². The third-order valence-corrected chi connectivity index (χ3v) is 8.69. The van der Waals surface area contributed by atoms with E-state index in [-0.39, 0.29) is 28.2 Å². The molecule has 1 heterocycles. The molecule has 2 fully saturated rings. The normalized spacial score (nSPS) is 31.9. The minimum Gasteiger partial charge on any atom is -0.486 e. The fraction of sp³-hybridized carbons (Fsp3) is 0.429. The van der Waals surface area contributed by atoms with Gasteiger partial charge in [-0.2, -0.15) is 0 Å². The van der Waals surface area contributed by atoms with Crippen molar-refractivity contribution in [2.75, 3.05) is 6.61 Å². The Morgan fingerprint density at radius 3 is 2.53 bits per heavy atom. The number of carbonyl (C=O) groups excluding carboxylic acids is 2. The van der Waals surface area contributed by atoms with Crippen molar-refractivity contribution in [3.05, 3.63) is 70.8 Å². The summed E-state index contributed by atoms with van der Waals surface area (Å²) in [6.45, 7) is 9.13. The first-order valence-corrected chi connectivity index (χ1v) is 11.5. The lowest BCUT2D eigenvalue weighted by molar-refractivity contribution is -0.137. The first-order chi connectivity index (χ1) is 15.2. The number of hydrogen-bond donors (Lipinski definition) is 0. The summed E-state index contributed by atoms with van der Waals surface area (Å²) in [7, 11) is 0. The van der Waals surface area contributed by atoms with Crippen molar-refractivity contribution in [3.63, 3.8) is 0 Å². The van der Waals surface area contributed by atoms with Crippen molar-refractivity contribution >= 4 is 17.8 Å². The fourth-order valence-corrected chi connectivity index (χ4v) is 6.60. The molecule has 1 aliphatic heterocycles. The molecule has 0 aromatic heterocycles. The number of esters is 1. The third-order valence-electron chi connectivity index (χ3n) is 8.69. The summed E-state index contributed by atoms with van der Waals surface area (Å²) in [5.74, 6) is 1.13. The van der Waals surface area contributed by atoms with Crippen LogP contribution < -0.4 is 4.74 Å². The van der Waals surface area contributed by atoms with Crippen molar-refractivity contribution in [1.29, 1.82) is 0 Å². The molecule has 4 unspecified atom stereocenters. The summed E-state index contributed by atoms with van der Waals surface area (Å²) < 4.78 is 11.5. The molecule has 3 aliphatic rings. The van der Waals surface area contributed by atoms with Crippen LogP contribution in [0.25, 0.3) is 6.08 Å². The van der Waals surface area contributed by atoms with E-state index in [1.54, 1.807) is 13.0 Å². The Bertz CT molecular complexity index is 1130. The largest absolute Gasteiger partial charge is 0.486 e. The molecule has 4 atom stereocenters. The molecule has 0 saturated heterocycles. The minimum atomic E-state index is -0.372. The zero-order valence-electron chi connectivity index (χ0n) is 19.2. The van der Waals surface area contributed by atoms with Gasteiger partial charge in [0.05, 0.1) is 6.61 Å². The fourth-order valence-electron chi connectivity index (χ4n) is 6.60. The Morgan fingerprint density at radius 2 is 1.81 bits per heavy atom. The van der Waals surface area contributed by atoms with Crippen molar-refractivity contribution in [2.45, 2.75) is 58.0 Å². The standard InChI is InChI=1S/C28H30O4/c1-5-31-24(29)13-8-18-6-9-19(10-7-18)25(30)20-11-12-23-22(16-20)27(3)26(2)15-14-21(17-26)28(27,4)32-23/h6-13,16,21H,5,14-15,17H2,1-4H3. The van der Waals surface area contributed by atoms with Crippen LogP contribution >= 0.6 is 0 Å². The molecule has 2 aromatic carbocycles. The lowest BCUT2D eigenvalue weighted by atomic mass is 9.56. The Labute approximate surface area is 189 Å². The van der Waals surface area contributed by atoms with Crippen LogP contribution in [0.3, 0.4) is 0 Å². The quantitative estimate of drug-likeness (QED) is 0.346. The number of carbonyl (C=O) groups is 2. The smallest absolute Gasteiger partial charge is 0.330 e. The number of benzene rings is 2. The van der Waals surface area contributed by atoms with Gasteiger partial charge in [-0.15, -0.1) is 0 Å². The summed E-state index contributed by atoms with van der Waals surface area (Å²) in [5.41, 5.74) is 3.27. The Morgan fingerprint density at radius 1 is 1.09 bits per heavy atom. The Kier molecular flexibility index (Phi) is 4.63. The van der Waals surface area contributed by atoms with E-state index in [0.717, 1.165) is 11.3 Å². The summed E-state index contributed by atoms with van der Waals surface area (Å²) >= 11 is 0. The molecule has 2 aliphatic carbocycles. The Hall–Kier alpha value is -2.88. The van der Waals surface area contributed by atoms with Gasteiger partial charge >= 0.3 is 5.97 Å². The predicted molar refractivity (Wildman–Crippen MR) is 124 cm³/mol. The summed E-state index contributed by atoms with van der Waals surface area (Å²) in [6, 6.07) is 13.2. The summed E-state index contributed by atoms with van der Waals surface area (Å²) in [5, 5.41) is 0. The van der Waals surface area contributed by atoms with Crippen molar-refractivity contribution < 1.29 is 19.1 Å². The van der Waals surface area contributed by atoms with Gasteiger partial charge in [0.25, 0.3) is 0 Å². The molecule has 166 valence electrons. The van der Waals surface area contributed by atoms with Gasteiger partial charge in [0.15, 0.2) is 5.78 Å². The summed E-state index contributed by atoms with van der Waals surface area (Å²) in [6.07, 6.45) is 6.72. The average molecular weight is 431 g/mol. The lowest BCUT2D eigenvalue weighted by Crippen LogP contribution is -2.54. The first-order valence-electron chi connectivity index (χ1n) is 11.5. The van der Waals surface area contributed by atoms with Gasteiger partial charge in [-0.25, -0.2) is 4.79 Å². The predicted octanol–water partition coefficient (Wildman–Crippen LogP) is 5.72. The Balaban J connectivity index is 1.42. The molecule has 2 saturated carbocycles. The second-order valence-electron chi connectivity index (χ2n) is 10.1. The molecule has 0 amide bonds. The van der Waals surface area contributed by atoms with Gasteiger partial charge in [-0.1, -0.05) is 38.1 Å². The van der Waals surface area contributed by atoms with E-state index in [1.165, 1.54) is 30.9 Å². The van der Waals surface area contributed by atoms with E-state index < -0.39 is 0 Å². The highest BCUT2D eigenvalue weighted by Crippen LogP contribution is 2.73. The second kappa shape index (κ2) is 7.06. The maximum absolute atomic E-state index is 13.3. The van der Waals surface area contributed by atoms with Gasteiger partial charge in [0, 0.05) is 28.2 Å². The zero-order valence-corrected chi connectivity index (χ0v) is 19.2. The third kappa shape index (κ3) is 2.74. The summed E-state index contributed by atoms with van der Waals surface area (Å²) in [4.78, 5) is 24.8. The van der Waals surface area contributed by atoms with E-state index >= 15 is 0 Å². The van der Waals surface area contributed by atoms with Crippen LogP contribution in [0.5, 0.6) is 5.75 Å². The van der Waals surface area contributed by atoms with Crippen LogP contribution in [-0.4, -0.2) is 24.0 Å². The first kappa shape index (κ1) is 21.0. The molecule has 0 N–H and O–H groups in total. The minimum absolute atomic E-state index is 0.000709. The second-order valence-corrected chi connectivity index (χ2v) is 10.1. The van der Waals surface area contributed by atoms with Gasteiger partial charge in [0.1, 0.15) is 11.4 Å². The number of ether oxygens (including phenoxy) is 2. The van der Waals surface area contributed by atoms with E-state index in [1.807, 2.05) is 36.4 Å². The molecule has 4 nitrogen and oxygen atoms in total. The SMILES string of the molecule is CCOC(=O)C=Cc1ccc(C(=O)c2ccc3c(c2)C2(C)C4(C)CCC(C4)C2(C)O3)cc1. The number of hydrogen-bond acceptors (Lipinski definition) is 4. The van der Waals surface area contributed by atoms with Crippen LogP contribution in [0.15, 0.2) is 48.5 Å². The molecule has 2 bridgehead atoms. The van der Waals surface area contributed by atoms with E-state index in [9.17, 15) is 9.59 Å². The molecule has 0 radical (unpaired) electrons. The number of ketones is 1. The van der Waals surface area contributed by atoms with E-state index in [2.05, 4.69) is 26.8 Å². The maximum Gasteiger partial charge on any atom is 0.330 e. The van der Waals surface area contributed by atoms with Crippen LogP contribution in [0, 0.1) is 11.3 Å². The lowest BCUT2D eigenvalue weighted by Gasteiger charge is -2.48. The highest BCUT2D eigenvalue weighted by molar-refractivity contribution is 6.09.